The first-order valence-electron chi connectivity index (χ1n) is 5.83. The molecule has 0 atom stereocenters. The summed E-state index contributed by atoms with van der Waals surface area (Å²) in [6.45, 7) is 5.50. The Labute approximate surface area is 97.8 Å². The fraction of sp³-hybridized carbons (Fsp3) is 0.909. The lowest BCUT2D eigenvalue weighted by molar-refractivity contribution is -0.122. The van der Waals surface area contributed by atoms with E-state index >= 15 is 0 Å². The summed E-state index contributed by atoms with van der Waals surface area (Å²) in [5.74, 6) is 0.0379. The van der Waals surface area contributed by atoms with Crippen LogP contribution in [0.1, 0.15) is 19.8 Å². The van der Waals surface area contributed by atoms with Crippen molar-refractivity contribution < 1.29 is 14.6 Å². The number of amides is 1. The summed E-state index contributed by atoms with van der Waals surface area (Å²) in [6, 6.07) is 0. The van der Waals surface area contributed by atoms with Gasteiger partial charge < -0.3 is 15.2 Å². The highest BCUT2D eigenvalue weighted by Crippen LogP contribution is 1.90. The summed E-state index contributed by atoms with van der Waals surface area (Å²) in [6.07, 6.45) is 1.55. The summed E-state index contributed by atoms with van der Waals surface area (Å²) < 4.78 is 4.89. The van der Waals surface area contributed by atoms with Crippen molar-refractivity contribution in [3.05, 3.63) is 0 Å². The maximum Gasteiger partial charge on any atom is 0.234 e. The van der Waals surface area contributed by atoms with Crippen molar-refractivity contribution in [1.82, 2.24) is 10.2 Å². The van der Waals surface area contributed by atoms with Gasteiger partial charge in [0.15, 0.2) is 0 Å². The molecule has 0 aromatic rings. The Bertz CT molecular complexity index is 177. The Morgan fingerprint density at radius 1 is 1.44 bits per heavy atom. The fourth-order valence-corrected chi connectivity index (χ4v) is 1.35. The standard InChI is InChI=1S/C11H24N2O3/c1-3-13(7-5-8-14)10-11(15)12-6-4-9-16-2/h14H,3-10H2,1-2H3,(H,12,15). The largest absolute Gasteiger partial charge is 0.396 e. The fourth-order valence-electron chi connectivity index (χ4n) is 1.35. The molecule has 1 amide bonds. The quantitative estimate of drug-likeness (QED) is 0.514. The van der Waals surface area contributed by atoms with Crippen LogP contribution in [0.15, 0.2) is 0 Å². The molecular weight excluding hydrogens is 208 g/mol. The molecule has 0 bridgehead atoms. The predicted molar refractivity (Wildman–Crippen MR) is 63.3 cm³/mol. The molecule has 0 saturated carbocycles. The Morgan fingerprint density at radius 2 is 2.19 bits per heavy atom. The van der Waals surface area contributed by atoms with Crippen LogP contribution in [0, 0.1) is 0 Å². The first kappa shape index (κ1) is 15.3. The number of hydrogen-bond acceptors (Lipinski definition) is 4. The highest BCUT2D eigenvalue weighted by Gasteiger charge is 2.07. The SMILES string of the molecule is CCN(CCCO)CC(=O)NCCCOC. The third-order valence-electron chi connectivity index (χ3n) is 2.29. The molecule has 0 spiro atoms. The zero-order valence-corrected chi connectivity index (χ0v) is 10.4. The van der Waals surface area contributed by atoms with Crippen LogP contribution in [0.3, 0.4) is 0 Å². The van der Waals surface area contributed by atoms with Crippen LogP contribution in [0.25, 0.3) is 0 Å². The number of carbonyl (C=O) groups is 1. The Morgan fingerprint density at radius 3 is 2.75 bits per heavy atom. The number of aliphatic hydroxyl groups is 1. The van der Waals surface area contributed by atoms with Gasteiger partial charge in [0.05, 0.1) is 6.54 Å². The van der Waals surface area contributed by atoms with Crippen molar-refractivity contribution in [3.8, 4) is 0 Å². The van der Waals surface area contributed by atoms with Gasteiger partial charge in [-0.1, -0.05) is 6.92 Å². The molecule has 0 unspecified atom stereocenters. The van der Waals surface area contributed by atoms with E-state index in [-0.39, 0.29) is 12.5 Å². The normalized spacial score (nSPS) is 10.8. The second-order valence-electron chi connectivity index (χ2n) is 3.64. The van der Waals surface area contributed by atoms with Gasteiger partial charge in [-0.3, -0.25) is 9.69 Å². The van der Waals surface area contributed by atoms with Crippen LogP contribution in [0.5, 0.6) is 0 Å². The lowest BCUT2D eigenvalue weighted by atomic mass is 10.3. The van der Waals surface area contributed by atoms with E-state index in [1.807, 2.05) is 11.8 Å². The highest BCUT2D eigenvalue weighted by atomic mass is 16.5. The van der Waals surface area contributed by atoms with Crippen molar-refractivity contribution in [2.75, 3.05) is 46.5 Å². The second kappa shape index (κ2) is 10.9. The summed E-state index contributed by atoms with van der Waals surface area (Å²) in [7, 11) is 1.65. The summed E-state index contributed by atoms with van der Waals surface area (Å²) in [5.41, 5.74) is 0. The molecule has 0 radical (unpaired) electrons. The number of ether oxygens (including phenoxy) is 1. The van der Waals surface area contributed by atoms with E-state index in [1.165, 1.54) is 0 Å². The second-order valence-corrected chi connectivity index (χ2v) is 3.64. The summed E-state index contributed by atoms with van der Waals surface area (Å²) in [5, 5.41) is 11.5. The van der Waals surface area contributed by atoms with Crippen molar-refractivity contribution in [2.45, 2.75) is 19.8 Å². The van der Waals surface area contributed by atoms with Gasteiger partial charge in [-0.15, -0.1) is 0 Å². The van der Waals surface area contributed by atoms with E-state index < -0.39 is 0 Å². The van der Waals surface area contributed by atoms with Gasteiger partial charge in [0.1, 0.15) is 0 Å². The van der Waals surface area contributed by atoms with Gasteiger partial charge in [0, 0.05) is 33.4 Å². The molecule has 5 heteroatoms. The first-order valence-corrected chi connectivity index (χ1v) is 5.83. The molecule has 2 N–H and O–H groups in total. The van der Waals surface area contributed by atoms with Crippen LogP contribution >= 0.6 is 0 Å². The average Bonchev–Trinajstić information content (AvgIpc) is 2.30. The molecular formula is C11H24N2O3. The minimum atomic E-state index is 0.0379. The van der Waals surface area contributed by atoms with Crippen LogP contribution in [-0.4, -0.2) is 62.4 Å². The van der Waals surface area contributed by atoms with E-state index in [9.17, 15) is 4.79 Å². The van der Waals surface area contributed by atoms with Crippen LogP contribution in [0.4, 0.5) is 0 Å². The lowest BCUT2D eigenvalue weighted by Gasteiger charge is -2.19. The van der Waals surface area contributed by atoms with E-state index in [0.717, 1.165) is 19.5 Å². The van der Waals surface area contributed by atoms with Gasteiger partial charge >= 0.3 is 0 Å². The van der Waals surface area contributed by atoms with Crippen molar-refractivity contribution in [1.29, 1.82) is 0 Å². The Balaban J connectivity index is 3.57. The van der Waals surface area contributed by atoms with Crippen molar-refractivity contribution in [2.24, 2.45) is 0 Å². The molecule has 96 valence electrons. The third kappa shape index (κ3) is 8.64. The molecule has 0 heterocycles. The Kier molecular flexibility index (Phi) is 10.4. The van der Waals surface area contributed by atoms with E-state index in [0.29, 0.717) is 26.1 Å². The average molecular weight is 232 g/mol. The molecule has 0 aromatic heterocycles. The molecule has 5 nitrogen and oxygen atoms in total. The smallest absolute Gasteiger partial charge is 0.234 e. The van der Waals surface area contributed by atoms with Crippen LogP contribution in [0.2, 0.25) is 0 Å². The van der Waals surface area contributed by atoms with Gasteiger partial charge in [-0.2, -0.15) is 0 Å². The van der Waals surface area contributed by atoms with E-state index in [1.54, 1.807) is 7.11 Å². The van der Waals surface area contributed by atoms with Crippen LogP contribution in [-0.2, 0) is 9.53 Å². The van der Waals surface area contributed by atoms with Gasteiger partial charge in [-0.25, -0.2) is 0 Å². The van der Waals surface area contributed by atoms with Crippen LogP contribution < -0.4 is 5.32 Å². The highest BCUT2D eigenvalue weighted by molar-refractivity contribution is 5.77. The van der Waals surface area contributed by atoms with E-state index in [4.69, 9.17) is 9.84 Å². The maximum absolute atomic E-state index is 11.5. The van der Waals surface area contributed by atoms with Gasteiger partial charge in [0.2, 0.25) is 5.91 Å². The third-order valence-corrected chi connectivity index (χ3v) is 2.29. The minimum Gasteiger partial charge on any atom is -0.396 e. The lowest BCUT2D eigenvalue weighted by Crippen LogP contribution is -2.38. The van der Waals surface area contributed by atoms with Crippen molar-refractivity contribution in [3.63, 3.8) is 0 Å². The number of carbonyl (C=O) groups excluding carboxylic acids is 1. The monoisotopic (exact) mass is 232 g/mol. The zero-order chi connectivity index (χ0) is 12.2. The molecule has 0 aliphatic rings. The topological polar surface area (TPSA) is 61.8 Å². The van der Waals surface area contributed by atoms with E-state index in [2.05, 4.69) is 5.32 Å². The molecule has 0 fully saturated rings. The number of hydrogen-bond donors (Lipinski definition) is 2. The number of aliphatic hydroxyl groups excluding tert-OH is 1. The van der Waals surface area contributed by atoms with Crippen molar-refractivity contribution >= 4 is 5.91 Å². The minimum absolute atomic E-state index is 0.0379. The Hall–Kier alpha value is -0.650. The van der Waals surface area contributed by atoms with Gasteiger partial charge in [0.25, 0.3) is 0 Å². The summed E-state index contributed by atoms with van der Waals surface area (Å²) in [4.78, 5) is 13.5. The maximum atomic E-state index is 11.5. The molecule has 0 rings (SSSR count). The number of nitrogens with zero attached hydrogens (tertiary/aromatic N) is 1. The number of rotatable bonds is 10. The number of methoxy groups -OCH3 is 1. The molecule has 0 aliphatic heterocycles. The number of likely N-dealkylation sites (N-methyl/N-ethyl adjacent to an activating group) is 1. The molecule has 0 saturated heterocycles. The molecule has 0 aliphatic carbocycles. The first-order chi connectivity index (χ1) is 7.74. The van der Waals surface area contributed by atoms with Gasteiger partial charge in [-0.05, 0) is 19.4 Å². The molecule has 16 heavy (non-hydrogen) atoms. The number of nitrogens with one attached hydrogen (secondary N) is 1. The predicted octanol–water partition coefficient (Wildman–Crippen LogP) is -0.157. The summed E-state index contributed by atoms with van der Waals surface area (Å²) >= 11 is 0. The molecule has 0 aromatic carbocycles. The zero-order valence-electron chi connectivity index (χ0n) is 10.4.